The van der Waals surface area contributed by atoms with Gasteiger partial charge in [0.15, 0.2) is 0 Å². The summed E-state index contributed by atoms with van der Waals surface area (Å²) in [5.41, 5.74) is 0.0693. The molecular formula is C8H7F3O2. The number of phenols is 1. The van der Waals surface area contributed by atoms with Crippen molar-refractivity contribution in [3.05, 3.63) is 23.8 Å². The molecule has 13 heavy (non-hydrogen) atoms. The van der Waals surface area contributed by atoms with Gasteiger partial charge in [-0.3, -0.25) is 0 Å². The van der Waals surface area contributed by atoms with Gasteiger partial charge in [-0.1, -0.05) is 6.07 Å². The predicted octanol–water partition coefficient (Wildman–Crippen LogP) is 2.60. The Hall–Kier alpha value is -1.39. The molecule has 72 valence electrons. The number of alkyl halides is 3. The zero-order valence-corrected chi connectivity index (χ0v) is 6.72. The lowest BCUT2D eigenvalue weighted by Crippen LogP contribution is -2.17. The van der Waals surface area contributed by atoms with Crippen LogP contribution < -0.4 is 4.74 Å². The van der Waals surface area contributed by atoms with E-state index in [1.54, 1.807) is 0 Å². The molecule has 0 aliphatic carbocycles. The quantitative estimate of drug-likeness (QED) is 0.741. The van der Waals surface area contributed by atoms with Gasteiger partial charge in [0, 0.05) is 5.56 Å². The first-order chi connectivity index (χ1) is 5.90. The van der Waals surface area contributed by atoms with Crippen LogP contribution >= 0.6 is 0 Å². The van der Waals surface area contributed by atoms with E-state index in [0.29, 0.717) is 0 Å². The number of rotatable bonds is 1. The number of benzene rings is 1. The van der Waals surface area contributed by atoms with Crippen molar-refractivity contribution in [2.45, 2.75) is 13.3 Å². The summed E-state index contributed by atoms with van der Waals surface area (Å²) in [7, 11) is 0. The first kappa shape index (κ1) is 9.70. The molecule has 2 nitrogen and oxygen atoms in total. The van der Waals surface area contributed by atoms with E-state index in [2.05, 4.69) is 4.74 Å². The Balaban J connectivity index is 2.96. The van der Waals surface area contributed by atoms with Gasteiger partial charge in [0.1, 0.15) is 11.5 Å². The maximum absolute atomic E-state index is 11.7. The van der Waals surface area contributed by atoms with E-state index >= 15 is 0 Å². The van der Waals surface area contributed by atoms with E-state index in [0.717, 1.165) is 6.07 Å². The molecule has 0 aromatic heterocycles. The summed E-state index contributed by atoms with van der Waals surface area (Å²) in [6.45, 7) is 1.34. The standard InChI is InChI=1S/C8H7F3O2/c1-5-6(12)3-2-4-7(5)13-8(9,10)11/h2-4,12H,1H3. The zero-order chi connectivity index (χ0) is 10.1. The van der Waals surface area contributed by atoms with Crippen LogP contribution in [0.25, 0.3) is 0 Å². The van der Waals surface area contributed by atoms with E-state index in [1.165, 1.54) is 19.1 Å². The molecule has 0 heterocycles. The molecule has 0 aliphatic heterocycles. The van der Waals surface area contributed by atoms with Crippen LogP contribution in [0.4, 0.5) is 13.2 Å². The number of halogens is 3. The molecule has 0 fully saturated rings. The second-order valence-corrected chi connectivity index (χ2v) is 2.45. The monoisotopic (exact) mass is 192 g/mol. The number of phenolic OH excluding ortho intramolecular Hbond substituents is 1. The van der Waals surface area contributed by atoms with Crippen molar-refractivity contribution in [1.29, 1.82) is 0 Å². The summed E-state index contributed by atoms with van der Waals surface area (Å²) < 4.78 is 38.9. The number of hydrogen-bond donors (Lipinski definition) is 1. The van der Waals surface area contributed by atoms with Crippen molar-refractivity contribution >= 4 is 0 Å². The summed E-state index contributed by atoms with van der Waals surface area (Å²) in [5, 5.41) is 9.05. The molecule has 0 unspecified atom stereocenters. The molecule has 0 spiro atoms. The first-order valence-electron chi connectivity index (χ1n) is 3.44. The van der Waals surface area contributed by atoms with Gasteiger partial charge >= 0.3 is 6.36 Å². The molecule has 0 amide bonds. The van der Waals surface area contributed by atoms with Crippen LogP contribution in [-0.4, -0.2) is 11.5 Å². The maximum atomic E-state index is 11.7. The molecule has 1 N–H and O–H groups in total. The van der Waals surface area contributed by atoms with Crippen molar-refractivity contribution in [2.75, 3.05) is 0 Å². The van der Waals surface area contributed by atoms with E-state index in [9.17, 15) is 13.2 Å². The molecule has 1 aromatic carbocycles. The Bertz CT molecular complexity index is 307. The first-order valence-corrected chi connectivity index (χ1v) is 3.44. The van der Waals surface area contributed by atoms with Crippen LogP contribution in [0.15, 0.2) is 18.2 Å². The van der Waals surface area contributed by atoms with Gasteiger partial charge < -0.3 is 9.84 Å². The summed E-state index contributed by atoms with van der Waals surface area (Å²) >= 11 is 0. The third-order valence-corrected chi connectivity index (χ3v) is 1.48. The minimum absolute atomic E-state index is 0.0693. The van der Waals surface area contributed by atoms with E-state index in [4.69, 9.17) is 5.11 Å². The summed E-state index contributed by atoms with van der Waals surface area (Å²) in [6, 6.07) is 3.71. The Morgan fingerprint density at radius 2 is 1.92 bits per heavy atom. The molecule has 1 rings (SSSR count). The highest BCUT2D eigenvalue weighted by Crippen LogP contribution is 2.30. The minimum Gasteiger partial charge on any atom is -0.508 e. The van der Waals surface area contributed by atoms with Crippen molar-refractivity contribution in [3.63, 3.8) is 0 Å². The van der Waals surface area contributed by atoms with E-state index < -0.39 is 6.36 Å². The van der Waals surface area contributed by atoms with Crippen LogP contribution in [0.1, 0.15) is 5.56 Å². The highest BCUT2D eigenvalue weighted by atomic mass is 19.4. The average molecular weight is 192 g/mol. The van der Waals surface area contributed by atoms with Crippen molar-refractivity contribution in [1.82, 2.24) is 0 Å². The van der Waals surface area contributed by atoms with Gasteiger partial charge in [-0.2, -0.15) is 0 Å². The van der Waals surface area contributed by atoms with Crippen molar-refractivity contribution < 1.29 is 23.0 Å². The van der Waals surface area contributed by atoms with Crippen LogP contribution in [0.2, 0.25) is 0 Å². The smallest absolute Gasteiger partial charge is 0.508 e. The summed E-state index contributed by atoms with van der Waals surface area (Å²) in [6.07, 6.45) is -4.72. The summed E-state index contributed by atoms with van der Waals surface area (Å²) in [4.78, 5) is 0. The second-order valence-electron chi connectivity index (χ2n) is 2.45. The molecular weight excluding hydrogens is 185 g/mol. The topological polar surface area (TPSA) is 29.5 Å². The van der Waals surface area contributed by atoms with Crippen LogP contribution in [-0.2, 0) is 0 Å². The highest BCUT2D eigenvalue weighted by Gasteiger charge is 2.31. The Morgan fingerprint density at radius 3 is 2.46 bits per heavy atom. The molecule has 0 atom stereocenters. The normalized spacial score (nSPS) is 11.4. The Labute approximate surface area is 72.6 Å². The third kappa shape index (κ3) is 2.54. The van der Waals surface area contributed by atoms with E-state index in [1.807, 2.05) is 0 Å². The van der Waals surface area contributed by atoms with Crippen LogP contribution in [0, 0.1) is 6.92 Å². The van der Waals surface area contributed by atoms with Crippen molar-refractivity contribution in [3.8, 4) is 11.5 Å². The van der Waals surface area contributed by atoms with Crippen LogP contribution in [0.3, 0.4) is 0 Å². The van der Waals surface area contributed by atoms with Gasteiger partial charge in [0.2, 0.25) is 0 Å². The number of hydrogen-bond acceptors (Lipinski definition) is 2. The van der Waals surface area contributed by atoms with Gasteiger partial charge in [0.05, 0.1) is 0 Å². The molecule has 0 bridgehead atoms. The molecule has 1 aromatic rings. The zero-order valence-electron chi connectivity index (χ0n) is 6.72. The average Bonchev–Trinajstić information content (AvgIpc) is 1.96. The van der Waals surface area contributed by atoms with Crippen LogP contribution in [0.5, 0.6) is 11.5 Å². The van der Waals surface area contributed by atoms with E-state index in [-0.39, 0.29) is 17.1 Å². The summed E-state index contributed by atoms with van der Waals surface area (Å²) in [5.74, 6) is -0.603. The Morgan fingerprint density at radius 1 is 1.31 bits per heavy atom. The lowest BCUT2D eigenvalue weighted by atomic mass is 10.2. The Kier molecular flexibility index (Phi) is 2.36. The molecule has 0 saturated heterocycles. The largest absolute Gasteiger partial charge is 0.573 e. The highest BCUT2D eigenvalue weighted by molar-refractivity contribution is 5.42. The van der Waals surface area contributed by atoms with Gasteiger partial charge in [-0.15, -0.1) is 13.2 Å². The van der Waals surface area contributed by atoms with Crippen molar-refractivity contribution in [2.24, 2.45) is 0 Å². The lowest BCUT2D eigenvalue weighted by Gasteiger charge is -2.11. The molecule has 0 saturated carbocycles. The minimum atomic E-state index is -4.72. The SMILES string of the molecule is Cc1c(O)cccc1OC(F)(F)F. The fourth-order valence-corrected chi connectivity index (χ4v) is 0.838. The second kappa shape index (κ2) is 3.16. The molecule has 5 heteroatoms. The van der Waals surface area contributed by atoms with Gasteiger partial charge in [-0.05, 0) is 19.1 Å². The third-order valence-electron chi connectivity index (χ3n) is 1.48. The predicted molar refractivity (Wildman–Crippen MR) is 39.5 cm³/mol. The maximum Gasteiger partial charge on any atom is 0.573 e. The fraction of sp³-hybridized carbons (Fsp3) is 0.250. The van der Waals surface area contributed by atoms with Gasteiger partial charge in [-0.25, -0.2) is 0 Å². The van der Waals surface area contributed by atoms with Gasteiger partial charge in [0.25, 0.3) is 0 Å². The lowest BCUT2D eigenvalue weighted by molar-refractivity contribution is -0.274. The molecule has 0 aliphatic rings. The number of aromatic hydroxyl groups is 1. The fourth-order valence-electron chi connectivity index (χ4n) is 0.838. The number of ether oxygens (including phenoxy) is 1. The molecule has 0 radical (unpaired) electrons.